The fraction of sp³-hybridized carbons (Fsp3) is 0.474. The normalized spacial score (nSPS) is 21.0. The first-order valence-electron chi connectivity index (χ1n) is 8.94. The number of amides is 1. The van der Waals surface area contributed by atoms with E-state index in [2.05, 4.69) is 21.9 Å². The molecule has 1 fully saturated rings. The lowest BCUT2D eigenvalue weighted by atomic mass is 9.96. The number of nitrogens with zero attached hydrogens (tertiary/aromatic N) is 5. The first-order valence-corrected chi connectivity index (χ1v) is 8.94. The number of pyridine rings is 1. The van der Waals surface area contributed by atoms with E-state index in [4.69, 9.17) is 4.98 Å². The predicted octanol–water partition coefficient (Wildman–Crippen LogP) is 1.88. The van der Waals surface area contributed by atoms with Gasteiger partial charge in [0.15, 0.2) is 0 Å². The van der Waals surface area contributed by atoms with E-state index in [0.717, 1.165) is 44.7 Å². The molecule has 1 atom stereocenters. The molecule has 1 amide bonds. The Hall–Kier alpha value is -2.34. The van der Waals surface area contributed by atoms with Gasteiger partial charge in [0.2, 0.25) is 0 Å². The molecule has 1 saturated heterocycles. The number of carbonyl (C=O) groups is 1. The maximum atomic E-state index is 12.7. The molecule has 4 heterocycles. The van der Waals surface area contributed by atoms with Gasteiger partial charge in [0.05, 0.1) is 0 Å². The summed E-state index contributed by atoms with van der Waals surface area (Å²) in [5.41, 5.74) is 2.92. The van der Waals surface area contributed by atoms with Crippen molar-refractivity contribution in [1.82, 2.24) is 24.8 Å². The number of fused-ring (bicyclic) bond motifs is 1. The molecule has 0 unspecified atom stereocenters. The standard InChI is InChI=1S/C19H23N5O/c1-23-10-7-16-15(12-23)11-21-18(22-16)14-5-4-9-24(13-14)19(25)17-6-2-3-8-20-17/h2-3,6,8,11,14H,4-5,7,9-10,12-13H2,1H3/t14-/m1/s1. The van der Waals surface area contributed by atoms with Gasteiger partial charge in [-0.2, -0.15) is 0 Å². The van der Waals surface area contributed by atoms with Crippen LogP contribution in [0.2, 0.25) is 0 Å². The van der Waals surface area contributed by atoms with Crippen LogP contribution in [0, 0.1) is 0 Å². The summed E-state index contributed by atoms with van der Waals surface area (Å²) in [6.07, 6.45) is 6.63. The lowest BCUT2D eigenvalue weighted by Gasteiger charge is -2.32. The van der Waals surface area contributed by atoms with Gasteiger partial charge in [-0.3, -0.25) is 9.78 Å². The molecule has 25 heavy (non-hydrogen) atoms. The third kappa shape index (κ3) is 3.39. The van der Waals surface area contributed by atoms with Crippen LogP contribution in [0.5, 0.6) is 0 Å². The summed E-state index contributed by atoms with van der Waals surface area (Å²) in [6.45, 7) is 3.42. The fourth-order valence-corrected chi connectivity index (χ4v) is 3.69. The highest BCUT2D eigenvalue weighted by atomic mass is 16.2. The van der Waals surface area contributed by atoms with Crippen LogP contribution in [-0.4, -0.2) is 57.3 Å². The van der Waals surface area contributed by atoms with E-state index in [9.17, 15) is 4.79 Å². The molecule has 0 bridgehead atoms. The molecule has 2 aromatic heterocycles. The van der Waals surface area contributed by atoms with Gasteiger partial charge in [0.25, 0.3) is 5.91 Å². The maximum Gasteiger partial charge on any atom is 0.272 e. The summed E-state index contributed by atoms with van der Waals surface area (Å²) < 4.78 is 0. The Morgan fingerprint density at radius 3 is 3.00 bits per heavy atom. The Morgan fingerprint density at radius 2 is 2.16 bits per heavy atom. The summed E-state index contributed by atoms with van der Waals surface area (Å²) in [7, 11) is 2.12. The number of aromatic nitrogens is 3. The van der Waals surface area contributed by atoms with E-state index in [1.54, 1.807) is 12.3 Å². The van der Waals surface area contributed by atoms with Crippen molar-refractivity contribution in [2.45, 2.75) is 31.7 Å². The second-order valence-corrected chi connectivity index (χ2v) is 6.99. The minimum Gasteiger partial charge on any atom is -0.337 e. The van der Waals surface area contributed by atoms with E-state index in [0.29, 0.717) is 12.2 Å². The average molecular weight is 337 g/mol. The average Bonchev–Trinajstić information content (AvgIpc) is 2.68. The van der Waals surface area contributed by atoms with Crippen molar-refractivity contribution in [2.24, 2.45) is 0 Å². The predicted molar refractivity (Wildman–Crippen MR) is 94.2 cm³/mol. The second kappa shape index (κ2) is 6.88. The van der Waals surface area contributed by atoms with E-state index < -0.39 is 0 Å². The van der Waals surface area contributed by atoms with E-state index >= 15 is 0 Å². The van der Waals surface area contributed by atoms with Crippen molar-refractivity contribution in [3.8, 4) is 0 Å². The quantitative estimate of drug-likeness (QED) is 0.837. The molecular weight excluding hydrogens is 314 g/mol. The number of rotatable bonds is 2. The van der Waals surface area contributed by atoms with Gasteiger partial charge in [-0.1, -0.05) is 6.07 Å². The Balaban J connectivity index is 1.51. The van der Waals surface area contributed by atoms with Crippen molar-refractivity contribution in [3.63, 3.8) is 0 Å². The topological polar surface area (TPSA) is 62.2 Å². The molecular formula is C19H23N5O. The number of likely N-dealkylation sites (N-methyl/N-ethyl adjacent to an activating group) is 1. The summed E-state index contributed by atoms with van der Waals surface area (Å²) in [6, 6.07) is 5.46. The third-order valence-electron chi connectivity index (χ3n) is 5.10. The fourth-order valence-electron chi connectivity index (χ4n) is 3.69. The smallest absolute Gasteiger partial charge is 0.272 e. The van der Waals surface area contributed by atoms with Crippen molar-refractivity contribution in [2.75, 3.05) is 26.7 Å². The van der Waals surface area contributed by atoms with Gasteiger partial charge >= 0.3 is 0 Å². The summed E-state index contributed by atoms with van der Waals surface area (Å²) in [5.74, 6) is 1.11. The Labute approximate surface area is 147 Å². The number of hydrogen-bond donors (Lipinski definition) is 0. The molecule has 2 aliphatic heterocycles. The summed E-state index contributed by atoms with van der Waals surface area (Å²) >= 11 is 0. The Bertz CT molecular complexity index is 764. The molecule has 130 valence electrons. The zero-order valence-electron chi connectivity index (χ0n) is 14.6. The monoisotopic (exact) mass is 337 g/mol. The maximum absolute atomic E-state index is 12.7. The van der Waals surface area contributed by atoms with Crippen LogP contribution in [0.15, 0.2) is 30.6 Å². The highest BCUT2D eigenvalue weighted by Crippen LogP contribution is 2.26. The van der Waals surface area contributed by atoms with Crippen LogP contribution in [0.4, 0.5) is 0 Å². The van der Waals surface area contributed by atoms with E-state index in [1.165, 1.54) is 11.3 Å². The van der Waals surface area contributed by atoms with Crippen LogP contribution >= 0.6 is 0 Å². The van der Waals surface area contributed by atoms with Crippen molar-refractivity contribution >= 4 is 5.91 Å². The van der Waals surface area contributed by atoms with E-state index in [-0.39, 0.29) is 11.8 Å². The van der Waals surface area contributed by atoms with Crippen LogP contribution in [0.1, 0.15) is 46.3 Å². The largest absolute Gasteiger partial charge is 0.337 e. The highest BCUT2D eigenvalue weighted by Gasteiger charge is 2.28. The third-order valence-corrected chi connectivity index (χ3v) is 5.10. The van der Waals surface area contributed by atoms with Gasteiger partial charge in [0, 0.05) is 62.2 Å². The van der Waals surface area contributed by atoms with Crippen LogP contribution in [0.3, 0.4) is 0 Å². The Morgan fingerprint density at radius 1 is 1.24 bits per heavy atom. The molecule has 2 aromatic rings. The Kier molecular flexibility index (Phi) is 4.44. The highest BCUT2D eigenvalue weighted by molar-refractivity contribution is 5.92. The number of carbonyl (C=O) groups excluding carboxylic acids is 1. The molecule has 2 aliphatic rings. The molecule has 0 radical (unpaired) electrons. The van der Waals surface area contributed by atoms with Crippen molar-refractivity contribution in [1.29, 1.82) is 0 Å². The molecule has 0 aromatic carbocycles. The van der Waals surface area contributed by atoms with Crippen LogP contribution in [-0.2, 0) is 13.0 Å². The van der Waals surface area contributed by atoms with Crippen LogP contribution < -0.4 is 0 Å². The first kappa shape index (κ1) is 16.1. The lowest BCUT2D eigenvalue weighted by Crippen LogP contribution is -2.40. The molecule has 6 nitrogen and oxygen atoms in total. The number of hydrogen-bond acceptors (Lipinski definition) is 5. The minimum absolute atomic E-state index is 0.00452. The zero-order valence-corrected chi connectivity index (χ0v) is 14.6. The first-order chi connectivity index (χ1) is 12.2. The van der Waals surface area contributed by atoms with Gasteiger partial charge in [-0.15, -0.1) is 0 Å². The number of piperidine rings is 1. The summed E-state index contributed by atoms with van der Waals surface area (Å²) in [5, 5.41) is 0. The van der Waals surface area contributed by atoms with Gasteiger partial charge in [0.1, 0.15) is 11.5 Å². The van der Waals surface area contributed by atoms with E-state index in [1.807, 2.05) is 23.2 Å². The molecule has 0 spiro atoms. The van der Waals surface area contributed by atoms with Gasteiger partial charge in [-0.25, -0.2) is 9.97 Å². The summed E-state index contributed by atoms with van der Waals surface area (Å²) in [4.78, 5) is 30.5. The second-order valence-electron chi connectivity index (χ2n) is 6.99. The van der Waals surface area contributed by atoms with Crippen molar-refractivity contribution in [3.05, 3.63) is 53.4 Å². The lowest BCUT2D eigenvalue weighted by molar-refractivity contribution is 0.0698. The van der Waals surface area contributed by atoms with Crippen LogP contribution in [0.25, 0.3) is 0 Å². The molecule has 4 rings (SSSR count). The molecule has 6 heteroatoms. The zero-order chi connectivity index (χ0) is 17.2. The van der Waals surface area contributed by atoms with Gasteiger partial charge in [-0.05, 0) is 32.0 Å². The molecule has 0 N–H and O–H groups in total. The number of likely N-dealkylation sites (tertiary alicyclic amines) is 1. The minimum atomic E-state index is 0.00452. The molecule has 0 saturated carbocycles. The van der Waals surface area contributed by atoms with Crippen molar-refractivity contribution < 1.29 is 4.79 Å². The van der Waals surface area contributed by atoms with Gasteiger partial charge < -0.3 is 9.80 Å². The SMILES string of the molecule is CN1CCc2nc([C@@H]3CCCN(C(=O)c4ccccn4)C3)ncc2C1. The molecule has 0 aliphatic carbocycles.